The Kier molecular flexibility index (Phi) is 7.39. The molecule has 4 aliphatic carbocycles. The molecule has 5 rings (SSSR count). The van der Waals surface area contributed by atoms with Crippen LogP contribution in [-0.2, 0) is 16.0 Å². The zero-order valence-electron chi connectivity index (χ0n) is 19.6. The van der Waals surface area contributed by atoms with Gasteiger partial charge in [-0.25, -0.2) is 0 Å². The highest BCUT2D eigenvalue weighted by Gasteiger charge is 2.48. The number of nitrogens with zero attached hydrogens (tertiary/aromatic N) is 1. The fourth-order valence-corrected chi connectivity index (χ4v) is 6.57. The molecule has 1 aromatic carbocycles. The first kappa shape index (κ1) is 23.1. The van der Waals surface area contributed by atoms with Crippen LogP contribution in [-0.4, -0.2) is 48.5 Å². The number of hydrogen-bond donors (Lipinski definition) is 2. The largest absolute Gasteiger partial charge is 0.494 e. The van der Waals surface area contributed by atoms with E-state index in [9.17, 15) is 9.59 Å². The molecule has 6 nitrogen and oxygen atoms in total. The molecule has 0 saturated heterocycles. The summed E-state index contributed by atoms with van der Waals surface area (Å²) in [5.41, 5.74) is 7.27. The molecule has 176 valence electrons. The number of hydrogen-bond acceptors (Lipinski definition) is 4. The lowest BCUT2D eigenvalue weighted by molar-refractivity contribution is -0.138. The second kappa shape index (κ2) is 10.2. The minimum absolute atomic E-state index is 0.0301. The van der Waals surface area contributed by atoms with Crippen LogP contribution in [0.3, 0.4) is 0 Å². The highest BCUT2D eigenvalue weighted by Crippen LogP contribution is 2.53. The van der Waals surface area contributed by atoms with Crippen molar-refractivity contribution in [3.05, 3.63) is 29.8 Å². The molecule has 0 radical (unpaired) electrons. The maximum Gasteiger partial charge on any atom is 0.240 e. The molecule has 6 heteroatoms. The predicted octanol–water partition coefficient (Wildman–Crippen LogP) is 3.13. The van der Waals surface area contributed by atoms with Crippen LogP contribution in [0, 0.1) is 23.7 Å². The smallest absolute Gasteiger partial charge is 0.240 e. The summed E-state index contributed by atoms with van der Waals surface area (Å²) in [5, 5.41) is 3.33. The summed E-state index contributed by atoms with van der Waals surface area (Å²) in [7, 11) is 0. The van der Waals surface area contributed by atoms with Crippen LogP contribution in [0.2, 0.25) is 0 Å². The number of rotatable bonds is 10. The van der Waals surface area contributed by atoms with Crippen molar-refractivity contribution in [3.8, 4) is 5.75 Å². The topological polar surface area (TPSA) is 84.7 Å². The minimum Gasteiger partial charge on any atom is -0.494 e. The Labute approximate surface area is 192 Å². The molecule has 4 saturated carbocycles. The summed E-state index contributed by atoms with van der Waals surface area (Å²) < 4.78 is 5.47. The molecule has 0 spiro atoms. The van der Waals surface area contributed by atoms with E-state index < -0.39 is 6.04 Å². The normalized spacial score (nSPS) is 28.9. The van der Waals surface area contributed by atoms with Crippen molar-refractivity contribution in [1.82, 2.24) is 10.2 Å². The molecule has 1 aromatic rings. The van der Waals surface area contributed by atoms with Gasteiger partial charge in [0.2, 0.25) is 11.8 Å². The van der Waals surface area contributed by atoms with Gasteiger partial charge in [0.15, 0.2) is 0 Å². The highest BCUT2D eigenvalue weighted by atomic mass is 16.5. The molecule has 0 heterocycles. The van der Waals surface area contributed by atoms with Gasteiger partial charge in [-0.05, 0) is 93.2 Å². The van der Waals surface area contributed by atoms with Crippen molar-refractivity contribution >= 4 is 11.8 Å². The number of carbonyl (C=O) groups is 2. The van der Waals surface area contributed by atoms with Gasteiger partial charge < -0.3 is 20.7 Å². The van der Waals surface area contributed by atoms with E-state index in [-0.39, 0.29) is 18.4 Å². The Bertz CT molecular complexity index is 766. The number of carbonyl (C=O) groups excluding carboxylic acids is 2. The van der Waals surface area contributed by atoms with Gasteiger partial charge in [0.1, 0.15) is 5.75 Å². The van der Waals surface area contributed by atoms with Crippen LogP contribution in [0.15, 0.2) is 24.3 Å². The van der Waals surface area contributed by atoms with Crippen molar-refractivity contribution < 1.29 is 14.3 Å². The van der Waals surface area contributed by atoms with Gasteiger partial charge in [-0.2, -0.15) is 0 Å². The van der Waals surface area contributed by atoms with E-state index >= 15 is 0 Å². The van der Waals surface area contributed by atoms with Crippen LogP contribution in [0.25, 0.3) is 0 Å². The van der Waals surface area contributed by atoms with Gasteiger partial charge in [0.05, 0.1) is 19.2 Å². The molecule has 4 bridgehead atoms. The van der Waals surface area contributed by atoms with E-state index in [0.29, 0.717) is 37.5 Å². The lowest BCUT2D eigenvalue weighted by Crippen LogP contribution is -2.57. The van der Waals surface area contributed by atoms with Gasteiger partial charge in [-0.3, -0.25) is 9.59 Å². The second-order valence-corrected chi connectivity index (χ2v) is 10.2. The van der Waals surface area contributed by atoms with Crippen LogP contribution in [0.1, 0.15) is 57.9 Å². The Morgan fingerprint density at radius 3 is 2.25 bits per heavy atom. The van der Waals surface area contributed by atoms with Gasteiger partial charge >= 0.3 is 0 Å². The summed E-state index contributed by atoms with van der Waals surface area (Å²) in [6.07, 6.45) is 7.71. The average Bonchev–Trinajstić information content (AvgIpc) is 2.76. The van der Waals surface area contributed by atoms with Crippen LogP contribution < -0.4 is 15.8 Å². The second-order valence-electron chi connectivity index (χ2n) is 10.2. The molecule has 1 unspecified atom stereocenters. The fraction of sp³-hybridized carbons (Fsp3) is 0.692. The third-order valence-corrected chi connectivity index (χ3v) is 7.70. The first-order valence-electron chi connectivity index (χ1n) is 12.5. The number of nitrogens with two attached hydrogens (primary N) is 1. The standard InChI is InChI=1S/C26H39N3O3/c1-3-9-29(26(31)23(27)15-17-5-7-22(8-6-17)32-4-2)16-24(30)28-25-20-11-18-10-19(13-20)14-21(25)12-18/h5-8,18-21,23,25H,3-4,9-16,27H2,1-2H3,(H,28,30). The molecule has 2 amide bonds. The first-order valence-corrected chi connectivity index (χ1v) is 12.5. The van der Waals surface area contributed by atoms with Crippen molar-refractivity contribution in [2.24, 2.45) is 29.4 Å². The zero-order valence-corrected chi connectivity index (χ0v) is 19.6. The van der Waals surface area contributed by atoms with E-state index in [2.05, 4.69) is 5.32 Å². The van der Waals surface area contributed by atoms with Crippen molar-refractivity contribution in [3.63, 3.8) is 0 Å². The molecule has 0 aliphatic heterocycles. The highest BCUT2D eigenvalue weighted by molar-refractivity contribution is 5.87. The summed E-state index contributed by atoms with van der Waals surface area (Å²) in [5.74, 6) is 3.65. The van der Waals surface area contributed by atoms with E-state index in [0.717, 1.165) is 29.6 Å². The number of ether oxygens (including phenoxy) is 1. The Hall–Kier alpha value is -2.08. The van der Waals surface area contributed by atoms with Gasteiger partial charge in [-0.1, -0.05) is 19.1 Å². The Morgan fingerprint density at radius 2 is 1.69 bits per heavy atom. The first-order chi connectivity index (χ1) is 15.5. The molecular weight excluding hydrogens is 402 g/mol. The minimum atomic E-state index is -0.659. The maximum absolute atomic E-state index is 13.1. The Balaban J connectivity index is 1.31. The van der Waals surface area contributed by atoms with E-state index in [1.807, 2.05) is 38.1 Å². The van der Waals surface area contributed by atoms with Crippen LogP contribution >= 0.6 is 0 Å². The molecule has 3 N–H and O–H groups in total. The summed E-state index contributed by atoms with van der Waals surface area (Å²) in [4.78, 5) is 27.7. The molecule has 4 aliphatic rings. The van der Waals surface area contributed by atoms with Gasteiger partial charge in [0, 0.05) is 12.6 Å². The van der Waals surface area contributed by atoms with E-state index in [1.165, 1.54) is 32.1 Å². The van der Waals surface area contributed by atoms with Gasteiger partial charge in [-0.15, -0.1) is 0 Å². The number of nitrogens with one attached hydrogen (secondary N) is 1. The molecule has 4 fully saturated rings. The number of benzene rings is 1. The number of amides is 2. The fourth-order valence-electron chi connectivity index (χ4n) is 6.57. The summed E-state index contributed by atoms with van der Waals surface area (Å²) in [6, 6.07) is 7.33. The van der Waals surface area contributed by atoms with Crippen LogP contribution in [0.5, 0.6) is 5.75 Å². The van der Waals surface area contributed by atoms with Gasteiger partial charge in [0.25, 0.3) is 0 Å². The lowest BCUT2D eigenvalue weighted by atomic mass is 9.54. The zero-order chi connectivity index (χ0) is 22.7. The van der Waals surface area contributed by atoms with E-state index in [1.54, 1.807) is 4.90 Å². The molecular formula is C26H39N3O3. The van der Waals surface area contributed by atoms with Crippen molar-refractivity contribution in [1.29, 1.82) is 0 Å². The average molecular weight is 442 g/mol. The predicted molar refractivity (Wildman–Crippen MR) is 125 cm³/mol. The van der Waals surface area contributed by atoms with E-state index in [4.69, 9.17) is 10.5 Å². The van der Waals surface area contributed by atoms with Crippen molar-refractivity contribution in [2.75, 3.05) is 19.7 Å². The monoisotopic (exact) mass is 441 g/mol. The Morgan fingerprint density at radius 1 is 1.06 bits per heavy atom. The summed E-state index contributed by atoms with van der Waals surface area (Å²) >= 11 is 0. The summed E-state index contributed by atoms with van der Waals surface area (Å²) in [6.45, 7) is 5.24. The molecule has 0 aromatic heterocycles. The SMILES string of the molecule is CCCN(CC(=O)NC1C2CC3CC(C2)CC1C3)C(=O)C(N)Cc1ccc(OCC)cc1. The lowest BCUT2D eigenvalue weighted by Gasteiger charge is -2.54. The quantitative estimate of drug-likeness (QED) is 0.584. The van der Waals surface area contributed by atoms with Crippen molar-refractivity contribution in [2.45, 2.75) is 70.9 Å². The van der Waals surface area contributed by atoms with Crippen LogP contribution in [0.4, 0.5) is 0 Å². The maximum atomic E-state index is 13.1. The third-order valence-electron chi connectivity index (χ3n) is 7.70. The molecule has 1 atom stereocenters. The molecule has 32 heavy (non-hydrogen) atoms. The third kappa shape index (κ3) is 5.28.